The lowest BCUT2D eigenvalue weighted by Crippen LogP contribution is -2.07. The molecule has 4 heteroatoms. The van der Waals surface area contributed by atoms with E-state index in [1.165, 1.54) is 0 Å². The number of carbonyl (C=O) groups is 2. The van der Waals surface area contributed by atoms with Crippen LogP contribution in [0.4, 0.5) is 0 Å². The molecule has 84 valence electrons. The van der Waals surface area contributed by atoms with Crippen LogP contribution >= 0.6 is 0 Å². The first kappa shape index (κ1) is 12.0. The summed E-state index contributed by atoms with van der Waals surface area (Å²) >= 11 is 0. The molecular weight excluding hydrogens is 208 g/mol. The van der Waals surface area contributed by atoms with Crippen molar-refractivity contribution in [3.8, 4) is 0 Å². The van der Waals surface area contributed by atoms with Crippen molar-refractivity contribution in [2.45, 2.75) is 6.92 Å². The summed E-state index contributed by atoms with van der Waals surface area (Å²) in [4.78, 5) is 22.5. The summed E-state index contributed by atoms with van der Waals surface area (Å²) < 4.78 is 4.27. The molecule has 0 spiro atoms. The number of aliphatic hydroxyl groups excluding tert-OH is 1. The van der Waals surface area contributed by atoms with Gasteiger partial charge in [-0.25, -0.2) is 4.79 Å². The Labute approximate surface area is 93.2 Å². The second-order valence-corrected chi connectivity index (χ2v) is 3.20. The molecule has 1 N–H and O–H groups in total. The Hall–Kier alpha value is -2.10. The Balaban J connectivity index is 2.97. The third kappa shape index (κ3) is 2.70. The summed E-state index contributed by atoms with van der Waals surface area (Å²) in [6, 6.07) is 6.91. The molecule has 1 aromatic rings. The maximum absolute atomic E-state index is 11.7. The summed E-state index contributed by atoms with van der Waals surface area (Å²) in [5, 5.41) is 9.21. The molecule has 16 heavy (non-hydrogen) atoms. The molecule has 0 atom stereocenters. The van der Waals surface area contributed by atoms with Gasteiger partial charge in [-0.15, -0.1) is 0 Å². The highest BCUT2D eigenvalue weighted by Gasteiger charge is 2.12. The molecule has 0 radical (unpaired) electrons. The minimum atomic E-state index is -0.929. The fourth-order valence-electron chi connectivity index (χ4n) is 1.21. The second kappa shape index (κ2) is 5.11. The molecule has 0 fully saturated rings. The van der Waals surface area contributed by atoms with Crippen molar-refractivity contribution in [3.05, 3.63) is 47.2 Å². The van der Waals surface area contributed by atoms with Gasteiger partial charge in [-0.05, 0) is 12.5 Å². The smallest absolute Gasteiger partial charge is 0.373 e. The Morgan fingerprint density at radius 3 is 2.50 bits per heavy atom. The standard InChI is InChI=1S/C12H12O4/c1-8-5-3-4-6-9(8)10(13)7-11(14)12(15)16-2/h3-7,14H,1-2H3. The monoisotopic (exact) mass is 220 g/mol. The SMILES string of the molecule is COC(=O)C(O)=CC(=O)c1ccccc1C. The Kier molecular flexibility index (Phi) is 3.83. The molecule has 0 aromatic heterocycles. The van der Waals surface area contributed by atoms with Crippen LogP contribution in [0.2, 0.25) is 0 Å². The van der Waals surface area contributed by atoms with E-state index < -0.39 is 17.5 Å². The van der Waals surface area contributed by atoms with Gasteiger partial charge in [-0.3, -0.25) is 4.79 Å². The van der Waals surface area contributed by atoms with Crippen molar-refractivity contribution in [1.29, 1.82) is 0 Å². The number of rotatable bonds is 3. The lowest BCUT2D eigenvalue weighted by Gasteiger charge is -2.01. The zero-order chi connectivity index (χ0) is 12.1. The molecule has 0 aliphatic carbocycles. The summed E-state index contributed by atoms with van der Waals surface area (Å²) in [6.45, 7) is 1.77. The van der Waals surface area contributed by atoms with E-state index in [1.54, 1.807) is 31.2 Å². The van der Waals surface area contributed by atoms with Gasteiger partial charge in [0.15, 0.2) is 5.78 Å². The Bertz CT molecular complexity index is 446. The van der Waals surface area contributed by atoms with Gasteiger partial charge in [0.1, 0.15) is 0 Å². The molecule has 0 unspecified atom stereocenters. The topological polar surface area (TPSA) is 63.6 Å². The van der Waals surface area contributed by atoms with E-state index in [1.807, 2.05) is 0 Å². The average Bonchev–Trinajstić information content (AvgIpc) is 2.28. The van der Waals surface area contributed by atoms with Crippen molar-refractivity contribution in [2.24, 2.45) is 0 Å². The number of hydrogen-bond donors (Lipinski definition) is 1. The quantitative estimate of drug-likeness (QED) is 0.365. The number of benzene rings is 1. The first-order valence-electron chi connectivity index (χ1n) is 4.65. The Morgan fingerprint density at radius 1 is 1.31 bits per heavy atom. The maximum atomic E-state index is 11.7. The van der Waals surface area contributed by atoms with E-state index >= 15 is 0 Å². The van der Waals surface area contributed by atoms with Crippen LogP contribution in [-0.4, -0.2) is 24.0 Å². The van der Waals surface area contributed by atoms with E-state index in [4.69, 9.17) is 0 Å². The lowest BCUT2D eigenvalue weighted by atomic mass is 10.0. The van der Waals surface area contributed by atoms with Gasteiger partial charge in [0.05, 0.1) is 7.11 Å². The first-order chi connectivity index (χ1) is 7.56. The first-order valence-corrected chi connectivity index (χ1v) is 4.65. The fraction of sp³-hybridized carbons (Fsp3) is 0.167. The molecule has 1 rings (SSSR count). The van der Waals surface area contributed by atoms with Gasteiger partial charge >= 0.3 is 5.97 Å². The molecule has 0 saturated carbocycles. The summed E-state index contributed by atoms with van der Waals surface area (Å²) in [7, 11) is 1.13. The van der Waals surface area contributed by atoms with Gasteiger partial charge in [0.2, 0.25) is 5.76 Å². The number of ether oxygens (including phenoxy) is 1. The van der Waals surface area contributed by atoms with Crippen LogP contribution in [0.15, 0.2) is 36.1 Å². The number of methoxy groups -OCH3 is 1. The van der Waals surface area contributed by atoms with E-state index in [0.717, 1.165) is 18.7 Å². The molecule has 0 amide bonds. The third-order valence-corrected chi connectivity index (χ3v) is 2.07. The van der Waals surface area contributed by atoms with Crippen LogP contribution < -0.4 is 0 Å². The van der Waals surface area contributed by atoms with Crippen LogP contribution in [0.1, 0.15) is 15.9 Å². The maximum Gasteiger partial charge on any atom is 0.373 e. The molecule has 0 bridgehead atoms. The number of allylic oxidation sites excluding steroid dienone is 1. The molecule has 0 aliphatic heterocycles. The molecule has 1 aromatic carbocycles. The summed E-state index contributed by atoms with van der Waals surface area (Å²) in [5.41, 5.74) is 1.22. The number of aliphatic hydroxyl groups is 1. The molecule has 0 heterocycles. The van der Waals surface area contributed by atoms with E-state index in [9.17, 15) is 14.7 Å². The highest BCUT2D eigenvalue weighted by atomic mass is 16.5. The zero-order valence-corrected chi connectivity index (χ0v) is 9.06. The van der Waals surface area contributed by atoms with Crippen LogP contribution in [0.5, 0.6) is 0 Å². The van der Waals surface area contributed by atoms with Crippen LogP contribution in [0.25, 0.3) is 0 Å². The lowest BCUT2D eigenvalue weighted by molar-refractivity contribution is -0.139. The summed E-state index contributed by atoms with van der Waals surface area (Å²) in [6.07, 6.45) is 0.855. The van der Waals surface area contributed by atoms with E-state index in [0.29, 0.717) is 5.56 Å². The fourth-order valence-corrected chi connectivity index (χ4v) is 1.21. The van der Waals surface area contributed by atoms with Crippen LogP contribution in [0, 0.1) is 6.92 Å². The number of ketones is 1. The Morgan fingerprint density at radius 2 is 1.94 bits per heavy atom. The van der Waals surface area contributed by atoms with Crippen molar-refractivity contribution in [3.63, 3.8) is 0 Å². The van der Waals surface area contributed by atoms with Gasteiger partial charge in [0.25, 0.3) is 0 Å². The zero-order valence-electron chi connectivity index (χ0n) is 9.06. The normalized spacial score (nSPS) is 11.0. The molecule has 0 aliphatic rings. The minimum absolute atomic E-state index is 0.430. The van der Waals surface area contributed by atoms with Crippen molar-refractivity contribution >= 4 is 11.8 Å². The van der Waals surface area contributed by atoms with Crippen LogP contribution in [-0.2, 0) is 9.53 Å². The van der Waals surface area contributed by atoms with Crippen molar-refractivity contribution in [1.82, 2.24) is 0 Å². The van der Waals surface area contributed by atoms with E-state index in [-0.39, 0.29) is 0 Å². The summed E-state index contributed by atoms with van der Waals surface area (Å²) in [5.74, 6) is -2.06. The number of esters is 1. The second-order valence-electron chi connectivity index (χ2n) is 3.20. The highest BCUT2D eigenvalue weighted by Crippen LogP contribution is 2.09. The highest BCUT2D eigenvalue weighted by molar-refractivity contribution is 6.08. The predicted octanol–water partition coefficient (Wildman–Crippen LogP) is 1.79. The van der Waals surface area contributed by atoms with Gasteiger partial charge in [-0.1, -0.05) is 24.3 Å². The number of aryl methyl sites for hydroxylation is 1. The minimum Gasteiger partial charge on any atom is -0.502 e. The third-order valence-electron chi connectivity index (χ3n) is 2.07. The molecule has 0 saturated heterocycles. The predicted molar refractivity (Wildman–Crippen MR) is 58.2 cm³/mol. The number of carbonyl (C=O) groups excluding carboxylic acids is 2. The van der Waals surface area contributed by atoms with E-state index in [2.05, 4.69) is 4.74 Å². The van der Waals surface area contributed by atoms with Gasteiger partial charge in [-0.2, -0.15) is 0 Å². The number of hydrogen-bond acceptors (Lipinski definition) is 4. The average molecular weight is 220 g/mol. The van der Waals surface area contributed by atoms with Crippen LogP contribution in [0.3, 0.4) is 0 Å². The molecular formula is C12H12O4. The van der Waals surface area contributed by atoms with Crippen molar-refractivity contribution < 1.29 is 19.4 Å². The van der Waals surface area contributed by atoms with Gasteiger partial charge in [0, 0.05) is 11.6 Å². The van der Waals surface area contributed by atoms with Gasteiger partial charge < -0.3 is 9.84 Å². The largest absolute Gasteiger partial charge is 0.502 e. The molecule has 4 nitrogen and oxygen atoms in total. The van der Waals surface area contributed by atoms with Crippen molar-refractivity contribution in [2.75, 3.05) is 7.11 Å².